The minimum atomic E-state index is -0.0351. The van der Waals surface area contributed by atoms with E-state index in [1.165, 1.54) is 128 Å². The number of ether oxygens (including phenoxy) is 2. The fourth-order valence-electron chi connectivity index (χ4n) is 6.44. The maximum absolute atomic E-state index is 12.2. The first-order chi connectivity index (χ1) is 22.5. The van der Waals surface area contributed by atoms with Gasteiger partial charge in [0, 0.05) is 18.9 Å². The van der Waals surface area contributed by atoms with Crippen molar-refractivity contribution in [1.82, 2.24) is 0 Å². The molecule has 0 saturated heterocycles. The van der Waals surface area contributed by atoms with E-state index in [-0.39, 0.29) is 18.0 Å². The second-order valence-electron chi connectivity index (χ2n) is 14.3. The van der Waals surface area contributed by atoms with Crippen LogP contribution in [0.2, 0.25) is 0 Å². The highest BCUT2D eigenvalue weighted by molar-refractivity contribution is 5.69. The number of rotatable bonds is 37. The minimum absolute atomic E-state index is 0.00944. The van der Waals surface area contributed by atoms with Gasteiger partial charge >= 0.3 is 11.9 Å². The predicted octanol–water partition coefficient (Wildman–Crippen LogP) is 12.6. The smallest absolute Gasteiger partial charge is 0.305 e. The zero-order valence-electron chi connectivity index (χ0n) is 31.4. The molecule has 0 aliphatic heterocycles. The molecule has 0 rings (SSSR count). The molecule has 0 aromatic rings. The topological polar surface area (TPSA) is 78.6 Å². The van der Waals surface area contributed by atoms with Crippen molar-refractivity contribution in [3.63, 3.8) is 0 Å². The number of hydrogen-bond acceptors (Lipinski definition) is 5. The second-order valence-corrected chi connectivity index (χ2v) is 14.3. The number of unbranched alkanes of at least 4 members (excludes halogenated alkanes) is 20. The molecule has 0 saturated carbocycles. The second kappa shape index (κ2) is 36.7. The molecular formula is C41H81NO4. The van der Waals surface area contributed by atoms with Crippen LogP contribution in [0.4, 0.5) is 0 Å². The summed E-state index contributed by atoms with van der Waals surface area (Å²) in [7, 11) is 0. The Labute approximate surface area is 287 Å². The Kier molecular flexibility index (Phi) is 35.9. The van der Waals surface area contributed by atoms with Crippen LogP contribution in [0.15, 0.2) is 0 Å². The maximum Gasteiger partial charge on any atom is 0.305 e. The van der Waals surface area contributed by atoms with Crippen LogP contribution in [0.3, 0.4) is 0 Å². The lowest BCUT2D eigenvalue weighted by molar-refractivity contribution is -0.145. The Morgan fingerprint density at radius 2 is 0.761 bits per heavy atom. The summed E-state index contributed by atoms with van der Waals surface area (Å²) >= 11 is 0. The fraction of sp³-hybridized carbons (Fsp3) is 0.951. The van der Waals surface area contributed by atoms with Crippen molar-refractivity contribution in [3.8, 4) is 0 Å². The van der Waals surface area contributed by atoms with Gasteiger partial charge in [0.1, 0.15) is 0 Å². The molecule has 1 unspecified atom stereocenters. The van der Waals surface area contributed by atoms with E-state index in [2.05, 4.69) is 20.8 Å². The van der Waals surface area contributed by atoms with Crippen molar-refractivity contribution >= 4 is 11.9 Å². The average Bonchev–Trinajstić information content (AvgIpc) is 3.05. The summed E-state index contributed by atoms with van der Waals surface area (Å²) in [6.07, 6.45) is 37.5. The minimum Gasteiger partial charge on any atom is -0.466 e. The quantitative estimate of drug-likeness (QED) is 0.0534. The van der Waals surface area contributed by atoms with Crippen molar-refractivity contribution < 1.29 is 19.1 Å². The summed E-state index contributed by atoms with van der Waals surface area (Å²) < 4.78 is 11.0. The average molecular weight is 652 g/mol. The van der Waals surface area contributed by atoms with Crippen LogP contribution >= 0.6 is 0 Å². The molecule has 2 N–H and O–H groups in total. The van der Waals surface area contributed by atoms with Gasteiger partial charge in [0.05, 0.1) is 13.2 Å². The molecule has 0 heterocycles. The van der Waals surface area contributed by atoms with Gasteiger partial charge in [-0.05, 0) is 44.4 Å². The highest BCUT2D eigenvalue weighted by Gasteiger charge is 2.11. The molecule has 5 nitrogen and oxygen atoms in total. The summed E-state index contributed by atoms with van der Waals surface area (Å²) in [5.74, 6) is 0.674. The summed E-state index contributed by atoms with van der Waals surface area (Å²) in [6, 6.07) is 0.260. The van der Waals surface area contributed by atoms with Gasteiger partial charge in [-0.2, -0.15) is 0 Å². The van der Waals surface area contributed by atoms with Crippen LogP contribution in [0.25, 0.3) is 0 Å². The number of nitrogens with two attached hydrogens (primary N) is 1. The Morgan fingerprint density at radius 3 is 1.26 bits per heavy atom. The predicted molar refractivity (Wildman–Crippen MR) is 198 cm³/mol. The van der Waals surface area contributed by atoms with Crippen LogP contribution in [-0.2, 0) is 19.1 Å². The Balaban J connectivity index is 3.61. The zero-order chi connectivity index (χ0) is 33.8. The van der Waals surface area contributed by atoms with Gasteiger partial charge in [-0.3, -0.25) is 9.59 Å². The van der Waals surface area contributed by atoms with E-state index in [1.807, 2.05) is 0 Å². The van der Waals surface area contributed by atoms with Crippen molar-refractivity contribution in [2.45, 2.75) is 232 Å². The van der Waals surface area contributed by atoms with Crippen molar-refractivity contribution in [3.05, 3.63) is 0 Å². The van der Waals surface area contributed by atoms with Gasteiger partial charge in [0.25, 0.3) is 0 Å². The normalized spacial score (nSPS) is 12.1. The molecule has 0 spiro atoms. The maximum atomic E-state index is 12.2. The van der Waals surface area contributed by atoms with Gasteiger partial charge < -0.3 is 15.2 Å². The SMILES string of the molecule is CCCCCCCCCCCOC(=O)CCCCCC(N)CCCCCCCC(=O)OCCC(CCCCCC)CCCCCC. The molecule has 0 aliphatic carbocycles. The third kappa shape index (κ3) is 34.2. The van der Waals surface area contributed by atoms with Crippen LogP contribution in [0, 0.1) is 5.92 Å². The van der Waals surface area contributed by atoms with E-state index in [9.17, 15) is 9.59 Å². The van der Waals surface area contributed by atoms with Gasteiger partial charge in [0.15, 0.2) is 0 Å². The molecule has 274 valence electrons. The van der Waals surface area contributed by atoms with Crippen LogP contribution in [0.1, 0.15) is 226 Å². The first-order valence-electron chi connectivity index (χ1n) is 20.6. The summed E-state index contributed by atoms with van der Waals surface area (Å²) in [6.45, 7) is 7.98. The van der Waals surface area contributed by atoms with E-state index >= 15 is 0 Å². The number of esters is 2. The van der Waals surface area contributed by atoms with E-state index in [0.29, 0.717) is 26.1 Å². The monoisotopic (exact) mass is 652 g/mol. The highest BCUT2D eigenvalue weighted by Crippen LogP contribution is 2.22. The largest absolute Gasteiger partial charge is 0.466 e. The molecular weight excluding hydrogens is 570 g/mol. The molecule has 1 atom stereocenters. The fourth-order valence-corrected chi connectivity index (χ4v) is 6.44. The first kappa shape index (κ1) is 44.9. The third-order valence-corrected chi connectivity index (χ3v) is 9.64. The lowest BCUT2D eigenvalue weighted by atomic mass is 9.92. The van der Waals surface area contributed by atoms with Gasteiger partial charge in [-0.1, -0.05) is 175 Å². The lowest BCUT2D eigenvalue weighted by Gasteiger charge is -2.17. The summed E-state index contributed by atoms with van der Waals surface area (Å²) in [5.41, 5.74) is 6.34. The highest BCUT2D eigenvalue weighted by atomic mass is 16.5. The molecule has 0 amide bonds. The van der Waals surface area contributed by atoms with Crippen LogP contribution in [-0.4, -0.2) is 31.2 Å². The van der Waals surface area contributed by atoms with Crippen molar-refractivity contribution in [2.24, 2.45) is 11.7 Å². The molecule has 0 aromatic heterocycles. The lowest BCUT2D eigenvalue weighted by Crippen LogP contribution is -2.19. The molecule has 0 bridgehead atoms. The standard InChI is InChI=1S/C41H81NO4/c1-4-7-10-13-14-15-16-20-28-36-45-40(43)34-27-21-25-32-39(42)31-24-18-17-19-26-33-41(44)46-37-35-38(29-22-11-8-5-2)30-23-12-9-6-3/h38-39H,4-37,42H2,1-3H3. The Hall–Kier alpha value is -1.10. The zero-order valence-corrected chi connectivity index (χ0v) is 31.4. The molecule has 46 heavy (non-hydrogen) atoms. The number of hydrogen-bond donors (Lipinski definition) is 1. The Bertz CT molecular complexity index is 628. The third-order valence-electron chi connectivity index (χ3n) is 9.64. The van der Waals surface area contributed by atoms with E-state index in [4.69, 9.17) is 15.2 Å². The Morgan fingerprint density at radius 1 is 0.413 bits per heavy atom. The molecule has 0 aromatic carbocycles. The van der Waals surface area contributed by atoms with Crippen molar-refractivity contribution in [1.29, 1.82) is 0 Å². The number of carbonyl (C=O) groups excluding carboxylic acids is 2. The number of carbonyl (C=O) groups is 2. The molecule has 0 aliphatic rings. The molecule has 0 fully saturated rings. The molecule has 5 heteroatoms. The van der Waals surface area contributed by atoms with E-state index < -0.39 is 0 Å². The van der Waals surface area contributed by atoms with Gasteiger partial charge in [-0.25, -0.2) is 0 Å². The summed E-state index contributed by atoms with van der Waals surface area (Å²) in [5, 5.41) is 0. The summed E-state index contributed by atoms with van der Waals surface area (Å²) in [4.78, 5) is 24.2. The molecule has 0 radical (unpaired) electrons. The van der Waals surface area contributed by atoms with E-state index in [0.717, 1.165) is 70.1 Å². The van der Waals surface area contributed by atoms with Gasteiger partial charge in [-0.15, -0.1) is 0 Å². The van der Waals surface area contributed by atoms with Gasteiger partial charge in [0.2, 0.25) is 0 Å². The van der Waals surface area contributed by atoms with Crippen LogP contribution < -0.4 is 5.73 Å². The van der Waals surface area contributed by atoms with E-state index in [1.54, 1.807) is 0 Å². The van der Waals surface area contributed by atoms with Crippen LogP contribution in [0.5, 0.6) is 0 Å². The van der Waals surface area contributed by atoms with Crippen molar-refractivity contribution in [2.75, 3.05) is 13.2 Å². The first-order valence-corrected chi connectivity index (χ1v) is 20.6.